The fourth-order valence-electron chi connectivity index (χ4n) is 2.89. The molecule has 0 amide bonds. The molecule has 0 saturated carbocycles. The first-order valence-corrected chi connectivity index (χ1v) is 10.0. The van der Waals surface area contributed by atoms with E-state index in [0.29, 0.717) is 18.2 Å². The van der Waals surface area contributed by atoms with Gasteiger partial charge in [0.1, 0.15) is 11.6 Å². The summed E-state index contributed by atoms with van der Waals surface area (Å²) in [5, 5.41) is 6.74. The Morgan fingerprint density at radius 1 is 1.30 bits per heavy atom. The van der Waals surface area contributed by atoms with Gasteiger partial charge in [-0.15, -0.1) is 0 Å². The molecular weight excluding hydrogens is 363 g/mol. The number of nitrogens with one attached hydrogen (secondary N) is 2. The van der Waals surface area contributed by atoms with Gasteiger partial charge in [-0.3, -0.25) is 4.99 Å². The highest BCUT2D eigenvalue weighted by Crippen LogP contribution is 2.36. The summed E-state index contributed by atoms with van der Waals surface area (Å²) in [5.41, 5.74) is 1.02. The number of aromatic nitrogens is 1. The first kappa shape index (κ1) is 19.5. The highest BCUT2D eigenvalue weighted by Gasteiger charge is 2.29. The molecule has 27 heavy (non-hydrogen) atoms. The second-order valence-corrected chi connectivity index (χ2v) is 8.42. The van der Waals surface area contributed by atoms with Gasteiger partial charge in [0.2, 0.25) is 5.88 Å². The van der Waals surface area contributed by atoms with Crippen molar-refractivity contribution in [1.82, 2.24) is 15.6 Å². The van der Waals surface area contributed by atoms with Crippen LogP contribution < -0.4 is 15.4 Å². The van der Waals surface area contributed by atoms with Gasteiger partial charge in [0.25, 0.3) is 0 Å². The number of hydrogen-bond donors (Lipinski definition) is 2. The van der Waals surface area contributed by atoms with Crippen LogP contribution in [0, 0.1) is 5.82 Å². The molecule has 2 N–H and O–H groups in total. The minimum Gasteiger partial charge on any atom is -0.439 e. The minimum atomic E-state index is -0.294. The number of halogens is 1. The Morgan fingerprint density at radius 2 is 2.11 bits per heavy atom. The first-order valence-electron chi connectivity index (χ1n) is 9.03. The third-order valence-corrected chi connectivity index (χ3v) is 5.99. The van der Waals surface area contributed by atoms with E-state index < -0.39 is 0 Å². The lowest BCUT2D eigenvalue weighted by Crippen LogP contribution is -2.43. The zero-order valence-corrected chi connectivity index (χ0v) is 16.5. The first-order chi connectivity index (χ1) is 13.1. The normalized spacial score (nSPS) is 19.7. The van der Waals surface area contributed by atoms with Crippen LogP contribution in [0.1, 0.15) is 25.3 Å². The van der Waals surface area contributed by atoms with Crippen LogP contribution in [-0.4, -0.2) is 35.0 Å². The summed E-state index contributed by atoms with van der Waals surface area (Å²) in [6.07, 6.45) is 4.21. The molecule has 1 aromatic heterocycles. The van der Waals surface area contributed by atoms with Crippen molar-refractivity contribution < 1.29 is 9.13 Å². The number of aliphatic imine (C=N–C) groups is 1. The molecule has 0 spiro atoms. The lowest BCUT2D eigenvalue weighted by Gasteiger charge is -2.24. The Kier molecular flexibility index (Phi) is 6.55. The number of pyridine rings is 1. The molecule has 1 aliphatic rings. The maximum atomic E-state index is 13.0. The Morgan fingerprint density at radius 3 is 2.81 bits per heavy atom. The summed E-state index contributed by atoms with van der Waals surface area (Å²) in [4.78, 5) is 8.51. The molecule has 3 rings (SSSR count). The highest BCUT2D eigenvalue weighted by molar-refractivity contribution is 8.00. The van der Waals surface area contributed by atoms with E-state index >= 15 is 0 Å². The van der Waals surface area contributed by atoms with E-state index in [9.17, 15) is 4.39 Å². The van der Waals surface area contributed by atoms with Gasteiger partial charge in [0.05, 0.1) is 0 Å². The minimum absolute atomic E-state index is 0.282. The van der Waals surface area contributed by atoms with Gasteiger partial charge in [-0.25, -0.2) is 9.37 Å². The van der Waals surface area contributed by atoms with Gasteiger partial charge >= 0.3 is 0 Å². The van der Waals surface area contributed by atoms with Gasteiger partial charge < -0.3 is 15.4 Å². The molecule has 1 fully saturated rings. The van der Waals surface area contributed by atoms with Crippen LogP contribution in [0.25, 0.3) is 0 Å². The second-order valence-electron chi connectivity index (χ2n) is 6.74. The molecule has 2 heterocycles. The summed E-state index contributed by atoms with van der Waals surface area (Å²) in [7, 11) is 1.77. The summed E-state index contributed by atoms with van der Waals surface area (Å²) < 4.78 is 19.0. The van der Waals surface area contributed by atoms with Crippen LogP contribution in [0.2, 0.25) is 0 Å². The molecule has 1 aliphatic heterocycles. The largest absolute Gasteiger partial charge is 0.439 e. The number of thioether (sulfide) groups is 1. The van der Waals surface area contributed by atoms with Gasteiger partial charge in [-0.1, -0.05) is 0 Å². The summed E-state index contributed by atoms with van der Waals surface area (Å²) >= 11 is 2.02. The smallest absolute Gasteiger partial charge is 0.219 e. The molecule has 0 bridgehead atoms. The predicted octanol–water partition coefficient (Wildman–Crippen LogP) is 3.96. The number of nitrogens with zero attached hydrogens (tertiary/aromatic N) is 2. The average molecular weight is 389 g/mol. The fourth-order valence-corrected chi connectivity index (χ4v) is 4.14. The number of ether oxygens (including phenoxy) is 1. The molecule has 1 unspecified atom stereocenters. The number of benzene rings is 1. The lowest BCUT2D eigenvalue weighted by molar-refractivity contribution is 0.460. The molecule has 1 atom stereocenters. The zero-order valence-electron chi connectivity index (χ0n) is 15.7. The van der Waals surface area contributed by atoms with Crippen molar-refractivity contribution in [1.29, 1.82) is 0 Å². The van der Waals surface area contributed by atoms with Gasteiger partial charge in [-0.05, 0) is 61.4 Å². The van der Waals surface area contributed by atoms with Crippen molar-refractivity contribution >= 4 is 17.7 Å². The van der Waals surface area contributed by atoms with E-state index in [2.05, 4.69) is 27.5 Å². The van der Waals surface area contributed by atoms with Crippen LogP contribution >= 0.6 is 11.8 Å². The predicted molar refractivity (Wildman–Crippen MR) is 109 cm³/mol. The van der Waals surface area contributed by atoms with E-state index in [1.165, 1.54) is 30.7 Å². The summed E-state index contributed by atoms with van der Waals surface area (Å²) in [5.74, 6) is 2.74. The molecule has 1 saturated heterocycles. The molecule has 2 aromatic rings. The van der Waals surface area contributed by atoms with Gasteiger partial charge in [0.15, 0.2) is 5.96 Å². The third kappa shape index (κ3) is 5.85. The van der Waals surface area contributed by atoms with Crippen molar-refractivity contribution in [3.63, 3.8) is 0 Å². The molecule has 0 aliphatic carbocycles. The van der Waals surface area contributed by atoms with Gasteiger partial charge in [-0.2, -0.15) is 11.8 Å². The molecule has 144 valence electrons. The van der Waals surface area contributed by atoms with Crippen molar-refractivity contribution in [2.75, 3.05) is 19.3 Å². The number of hydrogen-bond acceptors (Lipinski definition) is 4. The van der Waals surface area contributed by atoms with Crippen molar-refractivity contribution in [3.8, 4) is 11.6 Å². The Bertz CT molecular complexity index is 776. The van der Waals surface area contributed by atoms with Crippen molar-refractivity contribution in [2.24, 2.45) is 4.99 Å². The maximum absolute atomic E-state index is 13.0. The Balaban J connectivity index is 1.53. The van der Waals surface area contributed by atoms with Crippen LogP contribution in [0.4, 0.5) is 4.39 Å². The van der Waals surface area contributed by atoms with Crippen molar-refractivity contribution in [2.45, 2.75) is 31.1 Å². The maximum Gasteiger partial charge on any atom is 0.219 e. The van der Waals surface area contributed by atoms with Gasteiger partial charge in [0, 0.05) is 37.1 Å². The second kappa shape index (κ2) is 9.08. The molecule has 5 nitrogen and oxygen atoms in total. The Hall–Kier alpha value is -2.28. The van der Waals surface area contributed by atoms with Crippen LogP contribution in [-0.2, 0) is 6.54 Å². The van der Waals surface area contributed by atoms with E-state index in [1.807, 2.05) is 23.9 Å². The summed E-state index contributed by atoms with van der Waals surface area (Å²) in [6, 6.07) is 9.66. The van der Waals surface area contributed by atoms with Crippen LogP contribution in [0.15, 0.2) is 47.6 Å². The fraction of sp³-hybridized carbons (Fsp3) is 0.400. The zero-order chi connectivity index (χ0) is 19.1. The monoisotopic (exact) mass is 388 g/mol. The quantitative estimate of drug-likeness (QED) is 0.579. The van der Waals surface area contributed by atoms with E-state index in [4.69, 9.17) is 4.74 Å². The molecule has 7 heteroatoms. The van der Waals surface area contributed by atoms with E-state index in [0.717, 1.165) is 18.1 Å². The standard InChI is InChI=1S/C20H25FN4OS/c1-20(9-3-11-27-20)14-25-19(22-2)24-13-15-8-10-23-18(12-15)26-17-6-4-16(21)5-7-17/h4-8,10,12H,3,9,11,13-14H2,1-2H3,(H2,22,24,25). The topological polar surface area (TPSA) is 58.5 Å². The SMILES string of the molecule is CN=C(NCc1ccnc(Oc2ccc(F)cc2)c1)NCC1(C)CCCS1. The van der Waals surface area contributed by atoms with Crippen LogP contribution in [0.3, 0.4) is 0 Å². The average Bonchev–Trinajstić information content (AvgIpc) is 3.11. The Labute approximate surface area is 163 Å². The van der Waals surface area contributed by atoms with E-state index in [1.54, 1.807) is 25.4 Å². The number of guanidine groups is 1. The molecule has 1 aromatic carbocycles. The summed E-state index contributed by atoms with van der Waals surface area (Å²) in [6.45, 7) is 3.80. The lowest BCUT2D eigenvalue weighted by atomic mass is 10.1. The highest BCUT2D eigenvalue weighted by atomic mass is 32.2. The molecular formula is C20H25FN4OS. The number of rotatable bonds is 6. The molecule has 0 radical (unpaired) electrons. The van der Waals surface area contributed by atoms with Crippen LogP contribution in [0.5, 0.6) is 11.6 Å². The van der Waals surface area contributed by atoms with Crippen molar-refractivity contribution in [3.05, 3.63) is 54.0 Å². The third-order valence-electron chi connectivity index (χ3n) is 4.45. The van der Waals surface area contributed by atoms with E-state index in [-0.39, 0.29) is 10.6 Å².